The van der Waals surface area contributed by atoms with Gasteiger partial charge in [-0.15, -0.1) is 10.2 Å². The molecule has 0 unspecified atom stereocenters. The number of aryl methyl sites for hydroxylation is 1. The van der Waals surface area contributed by atoms with E-state index in [1.54, 1.807) is 45.5 Å². The Hall–Kier alpha value is -4.13. The fourth-order valence-electron chi connectivity index (χ4n) is 4.43. The van der Waals surface area contributed by atoms with Crippen molar-refractivity contribution in [2.75, 3.05) is 19.0 Å². The van der Waals surface area contributed by atoms with E-state index in [-0.39, 0.29) is 12.5 Å². The summed E-state index contributed by atoms with van der Waals surface area (Å²) in [6, 6.07) is 9.34. The van der Waals surface area contributed by atoms with Crippen LogP contribution in [0.1, 0.15) is 34.9 Å². The summed E-state index contributed by atoms with van der Waals surface area (Å²) in [6.07, 6.45) is 6.62. The number of pyridine rings is 1. The van der Waals surface area contributed by atoms with E-state index in [1.165, 1.54) is 6.20 Å². The van der Waals surface area contributed by atoms with E-state index in [1.807, 2.05) is 25.3 Å². The second-order valence-corrected chi connectivity index (χ2v) is 9.98. The number of methoxy groups -OCH3 is 1. The van der Waals surface area contributed by atoms with Gasteiger partial charge in [0.1, 0.15) is 0 Å². The number of anilines is 1. The molecule has 39 heavy (non-hydrogen) atoms. The van der Waals surface area contributed by atoms with Crippen LogP contribution in [-0.4, -0.2) is 70.4 Å². The Morgan fingerprint density at radius 3 is 2.87 bits per heavy atom. The van der Waals surface area contributed by atoms with Crippen molar-refractivity contribution >= 4 is 28.7 Å². The maximum atomic E-state index is 13.4. The molecule has 1 fully saturated rings. The van der Waals surface area contributed by atoms with Gasteiger partial charge in [-0.05, 0) is 60.9 Å². The Balaban J connectivity index is 1.26. The van der Waals surface area contributed by atoms with Gasteiger partial charge in [-0.1, -0.05) is 11.6 Å². The van der Waals surface area contributed by atoms with Crippen LogP contribution < -0.4 is 5.32 Å². The van der Waals surface area contributed by atoms with Gasteiger partial charge in [0.25, 0.3) is 5.91 Å². The van der Waals surface area contributed by atoms with Gasteiger partial charge in [0.2, 0.25) is 5.82 Å². The number of benzene rings is 1. The van der Waals surface area contributed by atoms with Crippen LogP contribution in [0.4, 0.5) is 5.69 Å². The van der Waals surface area contributed by atoms with Crippen molar-refractivity contribution in [3.05, 3.63) is 65.2 Å². The number of aliphatic hydroxyl groups is 1. The van der Waals surface area contributed by atoms with Crippen molar-refractivity contribution in [1.82, 2.24) is 39.6 Å². The summed E-state index contributed by atoms with van der Waals surface area (Å²) in [5.41, 5.74) is 4.69. The summed E-state index contributed by atoms with van der Waals surface area (Å²) in [4.78, 5) is 15.0. The first-order valence-corrected chi connectivity index (χ1v) is 12.9. The molecular formula is C26H26ClN9O3. The molecule has 5 aromatic rings. The van der Waals surface area contributed by atoms with Crippen molar-refractivity contribution in [2.24, 2.45) is 0 Å². The molecule has 1 aliphatic carbocycles. The van der Waals surface area contributed by atoms with Gasteiger partial charge in [0.15, 0.2) is 0 Å². The molecule has 4 aromatic heterocycles. The Labute approximate surface area is 228 Å². The number of aliphatic hydroxyl groups excluding tert-OH is 1. The summed E-state index contributed by atoms with van der Waals surface area (Å²) < 4.78 is 8.33. The number of nitrogens with zero attached hydrogens (tertiary/aromatic N) is 8. The topological polar surface area (TPSA) is 137 Å². The molecule has 1 atom stereocenters. The molecule has 0 saturated heterocycles. The maximum absolute atomic E-state index is 13.4. The molecule has 0 spiro atoms. The van der Waals surface area contributed by atoms with E-state index in [4.69, 9.17) is 16.3 Å². The van der Waals surface area contributed by atoms with Crippen molar-refractivity contribution in [3.8, 4) is 22.5 Å². The second kappa shape index (κ2) is 10.2. The number of aromatic nitrogens is 8. The molecular weight excluding hydrogens is 522 g/mol. The molecule has 1 saturated carbocycles. The zero-order valence-electron chi connectivity index (χ0n) is 21.3. The SMILES string of the molecule is COC[C@@H](O)Cn1cc(-c2ccn3ncc(C(=O)Nc4cc(-c5nnn(C6CC6)n5)ccc4Cl)c3c2)c(C)n1. The van der Waals surface area contributed by atoms with Gasteiger partial charge in [0.05, 0.1) is 59.0 Å². The Bertz CT molecular complexity index is 1670. The minimum absolute atomic E-state index is 0.221. The van der Waals surface area contributed by atoms with Gasteiger partial charge in [-0.3, -0.25) is 9.48 Å². The lowest BCUT2D eigenvalue weighted by molar-refractivity contribution is 0.0513. The summed E-state index contributed by atoms with van der Waals surface area (Å²) in [5.74, 6) is 0.117. The third kappa shape index (κ3) is 5.13. The molecule has 0 aliphatic heterocycles. The lowest BCUT2D eigenvalue weighted by Crippen LogP contribution is -2.21. The Morgan fingerprint density at radius 2 is 2.08 bits per heavy atom. The number of amides is 1. The first-order valence-electron chi connectivity index (χ1n) is 12.5. The van der Waals surface area contributed by atoms with E-state index in [9.17, 15) is 9.90 Å². The highest BCUT2D eigenvalue weighted by molar-refractivity contribution is 6.34. The van der Waals surface area contributed by atoms with Crippen LogP contribution in [0, 0.1) is 6.92 Å². The predicted molar refractivity (Wildman–Crippen MR) is 144 cm³/mol. The van der Waals surface area contributed by atoms with Crippen molar-refractivity contribution in [2.45, 2.75) is 38.5 Å². The van der Waals surface area contributed by atoms with E-state index in [0.717, 1.165) is 29.7 Å². The highest BCUT2D eigenvalue weighted by Crippen LogP contribution is 2.34. The number of ether oxygens (including phenoxy) is 1. The molecule has 200 valence electrons. The number of halogens is 1. The number of carbonyl (C=O) groups excluding carboxylic acids is 1. The largest absolute Gasteiger partial charge is 0.389 e. The molecule has 1 aromatic carbocycles. The number of tetrazole rings is 1. The van der Waals surface area contributed by atoms with E-state index < -0.39 is 6.10 Å². The van der Waals surface area contributed by atoms with Gasteiger partial charge >= 0.3 is 0 Å². The Morgan fingerprint density at radius 1 is 1.23 bits per heavy atom. The van der Waals surface area contributed by atoms with E-state index >= 15 is 0 Å². The summed E-state index contributed by atoms with van der Waals surface area (Å²) in [6.45, 7) is 2.43. The number of fused-ring (bicyclic) bond motifs is 1. The maximum Gasteiger partial charge on any atom is 0.259 e. The minimum atomic E-state index is -0.666. The molecule has 13 heteroatoms. The number of hydrogen-bond donors (Lipinski definition) is 2. The fourth-order valence-corrected chi connectivity index (χ4v) is 4.59. The monoisotopic (exact) mass is 547 g/mol. The highest BCUT2D eigenvalue weighted by atomic mass is 35.5. The van der Waals surface area contributed by atoms with Crippen LogP contribution in [0.15, 0.2) is 48.9 Å². The minimum Gasteiger partial charge on any atom is -0.389 e. The van der Waals surface area contributed by atoms with Crippen molar-refractivity contribution in [3.63, 3.8) is 0 Å². The molecule has 2 N–H and O–H groups in total. The standard InChI is InChI=1S/C26H26ClN9O3/c1-15-21(13-34(31-15)12-19(37)14-39-2)16-7-8-35-24(10-16)20(11-28-35)26(38)29-23-9-17(3-6-22(23)27)25-30-33-36(32-25)18-4-5-18/h3,6-11,13,18-19,37H,4-5,12,14H2,1-2H3,(H,29,38)/t19-/m0/s1. The second-order valence-electron chi connectivity index (χ2n) is 9.58. The van der Waals surface area contributed by atoms with Crippen LogP contribution >= 0.6 is 11.6 Å². The quantitative estimate of drug-likeness (QED) is 0.286. The van der Waals surface area contributed by atoms with Crippen molar-refractivity contribution < 1.29 is 14.6 Å². The number of carbonyl (C=O) groups is 1. The molecule has 0 radical (unpaired) electrons. The lowest BCUT2D eigenvalue weighted by Gasteiger charge is -2.09. The fraction of sp³-hybridized carbons (Fsp3) is 0.308. The van der Waals surface area contributed by atoms with Crippen LogP contribution in [0.25, 0.3) is 28.0 Å². The average molecular weight is 548 g/mol. The van der Waals surface area contributed by atoms with Crippen LogP contribution in [0.3, 0.4) is 0 Å². The summed E-state index contributed by atoms with van der Waals surface area (Å²) in [7, 11) is 1.54. The molecule has 4 heterocycles. The average Bonchev–Trinajstić information content (AvgIpc) is 3.31. The van der Waals surface area contributed by atoms with E-state index in [0.29, 0.717) is 45.8 Å². The van der Waals surface area contributed by atoms with Crippen molar-refractivity contribution in [1.29, 1.82) is 0 Å². The molecule has 12 nitrogen and oxygen atoms in total. The highest BCUT2D eigenvalue weighted by Gasteiger charge is 2.26. The lowest BCUT2D eigenvalue weighted by atomic mass is 10.1. The van der Waals surface area contributed by atoms with Gasteiger partial charge in [-0.25, -0.2) is 4.52 Å². The molecule has 1 amide bonds. The van der Waals surface area contributed by atoms with Crippen LogP contribution in [0.2, 0.25) is 5.02 Å². The van der Waals surface area contributed by atoms with Gasteiger partial charge in [-0.2, -0.15) is 15.0 Å². The third-order valence-corrected chi connectivity index (χ3v) is 6.88. The van der Waals surface area contributed by atoms with Crippen LogP contribution in [-0.2, 0) is 11.3 Å². The zero-order valence-corrected chi connectivity index (χ0v) is 22.1. The predicted octanol–water partition coefficient (Wildman–Crippen LogP) is 3.41. The first kappa shape index (κ1) is 25.2. The molecule has 6 rings (SSSR count). The van der Waals surface area contributed by atoms with Crippen LogP contribution in [0.5, 0.6) is 0 Å². The van der Waals surface area contributed by atoms with E-state index in [2.05, 4.69) is 30.9 Å². The number of rotatable bonds is 9. The number of hydrogen-bond acceptors (Lipinski definition) is 8. The zero-order chi connectivity index (χ0) is 27.1. The normalized spacial score (nSPS) is 14.2. The van der Waals surface area contributed by atoms with Gasteiger partial charge < -0.3 is 15.2 Å². The Kier molecular flexibility index (Phi) is 6.59. The number of nitrogens with one attached hydrogen (secondary N) is 1. The summed E-state index contributed by atoms with van der Waals surface area (Å²) >= 11 is 6.42. The smallest absolute Gasteiger partial charge is 0.259 e. The third-order valence-electron chi connectivity index (χ3n) is 6.55. The molecule has 0 bridgehead atoms. The molecule has 1 aliphatic rings. The first-order chi connectivity index (χ1) is 18.9. The summed E-state index contributed by atoms with van der Waals surface area (Å²) in [5, 5.41) is 34.9. The van der Waals surface area contributed by atoms with Gasteiger partial charge in [0, 0.05) is 30.6 Å².